The van der Waals surface area contributed by atoms with Gasteiger partial charge in [0.05, 0.1) is 17.9 Å². The Morgan fingerprint density at radius 2 is 2.20 bits per heavy atom. The summed E-state index contributed by atoms with van der Waals surface area (Å²) in [5.41, 5.74) is 0.827. The van der Waals surface area contributed by atoms with Gasteiger partial charge >= 0.3 is 0 Å². The van der Waals surface area contributed by atoms with Crippen molar-refractivity contribution in [2.45, 2.75) is 18.9 Å². The van der Waals surface area contributed by atoms with Crippen molar-refractivity contribution in [3.05, 3.63) is 42.5 Å². The summed E-state index contributed by atoms with van der Waals surface area (Å²) in [6.07, 6.45) is 5.30. The first-order valence-corrected chi connectivity index (χ1v) is 8.44. The minimum absolute atomic E-state index is 0.0765. The molecule has 1 fully saturated rings. The lowest BCUT2D eigenvalue weighted by molar-refractivity contribution is -0.124. The van der Waals surface area contributed by atoms with Crippen molar-refractivity contribution in [1.29, 1.82) is 0 Å². The number of amides is 1. The maximum atomic E-state index is 13.6. The van der Waals surface area contributed by atoms with Gasteiger partial charge in [0.15, 0.2) is 11.6 Å². The number of carbonyl (C=O) groups excluding carboxylic acids is 1. The molecule has 1 aromatic carbocycles. The molecule has 0 radical (unpaired) electrons. The Morgan fingerprint density at radius 3 is 2.92 bits per heavy atom. The van der Waals surface area contributed by atoms with Gasteiger partial charge in [-0.05, 0) is 32.0 Å². The Hall–Kier alpha value is -2.41. The number of halogens is 1. The van der Waals surface area contributed by atoms with Gasteiger partial charge in [-0.3, -0.25) is 14.4 Å². The van der Waals surface area contributed by atoms with Crippen LogP contribution in [0.2, 0.25) is 0 Å². The van der Waals surface area contributed by atoms with E-state index in [1.807, 2.05) is 25.2 Å². The molecule has 2 aromatic rings. The number of piperidine rings is 1. The second-order valence-corrected chi connectivity index (χ2v) is 6.28. The Labute approximate surface area is 146 Å². The molecule has 1 amide bonds. The van der Waals surface area contributed by atoms with Gasteiger partial charge in [-0.1, -0.05) is 12.1 Å². The van der Waals surface area contributed by atoms with Crippen LogP contribution in [-0.2, 0) is 11.8 Å². The number of aromatic nitrogens is 2. The predicted molar refractivity (Wildman–Crippen MR) is 93.1 cm³/mol. The van der Waals surface area contributed by atoms with Crippen LogP contribution in [0, 0.1) is 5.82 Å². The minimum atomic E-state index is -0.373. The fraction of sp³-hybridized carbons (Fsp3) is 0.444. The van der Waals surface area contributed by atoms with E-state index in [-0.39, 0.29) is 23.5 Å². The van der Waals surface area contributed by atoms with Crippen molar-refractivity contribution in [2.75, 3.05) is 31.6 Å². The van der Waals surface area contributed by atoms with Gasteiger partial charge in [-0.2, -0.15) is 5.10 Å². The number of carbonyl (C=O) groups is 1. The Bertz CT molecular complexity index is 733. The maximum Gasteiger partial charge on any atom is 0.244 e. The minimum Gasteiger partial charge on any atom is -0.489 e. The van der Waals surface area contributed by atoms with Crippen LogP contribution in [0.25, 0.3) is 0 Å². The van der Waals surface area contributed by atoms with E-state index in [2.05, 4.69) is 5.10 Å². The normalized spacial score (nSPS) is 18.0. The second kappa shape index (κ2) is 7.65. The van der Waals surface area contributed by atoms with Crippen molar-refractivity contribution in [3.8, 4) is 5.75 Å². The third-order valence-electron chi connectivity index (χ3n) is 4.48. The van der Waals surface area contributed by atoms with Gasteiger partial charge in [-0.15, -0.1) is 0 Å². The van der Waals surface area contributed by atoms with Crippen molar-refractivity contribution in [2.24, 2.45) is 7.05 Å². The Kier molecular flexibility index (Phi) is 5.33. The summed E-state index contributed by atoms with van der Waals surface area (Å²) >= 11 is 0. The number of likely N-dealkylation sites (N-methyl/N-ethyl adjacent to an activating group) is 1. The number of para-hydroxylation sites is 1. The molecule has 7 heteroatoms. The van der Waals surface area contributed by atoms with Crippen molar-refractivity contribution in [1.82, 2.24) is 14.7 Å². The second-order valence-electron chi connectivity index (χ2n) is 6.28. The summed E-state index contributed by atoms with van der Waals surface area (Å²) in [6.45, 7) is 1.58. The zero-order valence-corrected chi connectivity index (χ0v) is 14.6. The van der Waals surface area contributed by atoms with Crippen LogP contribution < -0.4 is 9.64 Å². The lowest BCUT2D eigenvalue weighted by Gasteiger charge is -2.36. The van der Waals surface area contributed by atoms with E-state index in [0.29, 0.717) is 19.7 Å². The molecule has 0 spiro atoms. The predicted octanol–water partition coefficient (Wildman–Crippen LogP) is 2.07. The SMILES string of the molecule is CN(CCOc1ccccc1F)C1CCCN(c2cnn(C)c2)C1=O. The van der Waals surface area contributed by atoms with Gasteiger partial charge < -0.3 is 9.64 Å². The van der Waals surface area contributed by atoms with Crippen LogP contribution in [0.5, 0.6) is 5.75 Å². The van der Waals surface area contributed by atoms with E-state index in [4.69, 9.17) is 4.74 Å². The topological polar surface area (TPSA) is 50.6 Å². The van der Waals surface area contributed by atoms with Crippen LogP contribution >= 0.6 is 0 Å². The molecule has 25 heavy (non-hydrogen) atoms. The van der Waals surface area contributed by atoms with Crippen LogP contribution in [-0.4, -0.2) is 53.4 Å². The van der Waals surface area contributed by atoms with Gasteiger partial charge in [0.1, 0.15) is 6.61 Å². The summed E-state index contributed by atoms with van der Waals surface area (Å²) in [4.78, 5) is 16.6. The zero-order valence-electron chi connectivity index (χ0n) is 14.6. The molecule has 1 saturated heterocycles. The van der Waals surface area contributed by atoms with E-state index >= 15 is 0 Å². The van der Waals surface area contributed by atoms with Gasteiger partial charge in [0.25, 0.3) is 0 Å². The van der Waals surface area contributed by atoms with Crippen LogP contribution in [0.3, 0.4) is 0 Å². The fourth-order valence-corrected chi connectivity index (χ4v) is 3.09. The highest BCUT2D eigenvalue weighted by atomic mass is 19.1. The molecule has 0 bridgehead atoms. The molecular formula is C18H23FN4O2. The van der Waals surface area contributed by atoms with Gasteiger partial charge in [0, 0.05) is 26.3 Å². The highest BCUT2D eigenvalue weighted by molar-refractivity contribution is 5.97. The largest absolute Gasteiger partial charge is 0.489 e. The summed E-state index contributed by atoms with van der Waals surface area (Å²) in [6, 6.07) is 6.14. The number of anilines is 1. The van der Waals surface area contributed by atoms with E-state index < -0.39 is 0 Å². The highest BCUT2D eigenvalue weighted by Crippen LogP contribution is 2.23. The van der Waals surface area contributed by atoms with Crippen LogP contribution in [0.15, 0.2) is 36.7 Å². The number of nitrogens with zero attached hydrogens (tertiary/aromatic N) is 4. The zero-order chi connectivity index (χ0) is 17.8. The molecule has 134 valence electrons. The quantitative estimate of drug-likeness (QED) is 0.803. The molecule has 3 rings (SSSR count). The number of aryl methyl sites for hydroxylation is 1. The van der Waals surface area contributed by atoms with Crippen LogP contribution in [0.4, 0.5) is 10.1 Å². The average Bonchev–Trinajstić information content (AvgIpc) is 3.03. The summed E-state index contributed by atoms with van der Waals surface area (Å²) < 4.78 is 20.8. The molecule has 6 nitrogen and oxygen atoms in total. The monoisotopic (exact) mass is 346 g/mol. The third kappa shape index (κ3) is 3.99. The molecule has 2 heterocycles. The molecule has 1 aliphatic heterocycles. The standard InChI is InChI=1S/C18H23FN4O2/c1-21(10-11-25-17-8-4-3-6-15(17)19)16-7-5-9-23(18(16)24)14-12-20-22(2)13-14/h3-4,6,8,12-13,16H,5,7,9-11H2,1-2H3. The summed E-state index contributed by atoms with van der Waals surface area (Å²) in [5, 5.41) is 4.14. The maximum absolute atomic E-state index is 13.6. The Morgan fingerprint density at radius 1 is 1.40 bits per heavy atom. The first-order valence-electron chi connectivity index (χ1n) is 8.44. The van der Waals surface area contributed by atoms with E-state index in [1.54, 1.807) is 34.0 Å². The first-order chi connectivity index (χ1) is 12.1. The molecule has 0 N–H and O–H groups in total. The number of hydrogen-bond donors (Lipinski definition) is 0. The van der Waals surface area contributed by atoms with Gasteiger partial charge in [0.2, 0.25) is 5.91 Å². The highest BCUT2D eigenvalue weighted by Gasteiger charge is 2.32. The molecule has 1 aromatic heterocycles. The molecule has 1 atom stereocenters. The molecular weight excluding hydrogens is 323 g/mol. The van der Waals surface area contributed by atoms with E-state index in [0.717, 1.165) is 18.5 Å². The molecule has 1 unspecified atom stereocenters. The Balaban J connectivity index is 1.57. The number of hydrogen-bond acceptors (Lipinski definition) is 4. The fourth-order valence-electron chi connectivity index (χ4n) is 3.09. The van der Waals surface area contributed by atoms with Crippen LogP contribution in [0.1, 0.15) is 12.8 Å². The molecule has 0 saturated carbocycles. The van der Waals surface area contributed by atoms with Crippen molar-refractivity contribution < 1.29 is 13.9 Å². The molecule has 0 aliphatic carbocycles. The van der Waals surface area contributed by atoms with E-state index in [9.17, 15) is 9.18 Å². The van der Waals surface area contributed by atoms with Crippen molar-refractivity contribution in [3.63, 3.8) is 0 Å². The average molecular weight is 346 g/mol. The summed E-state index contributed by atoms with van der Waals surface area (Å²) in [5.74, 6) is -0.0582. The number of ether oxygens (including phenoxy) is 1. The molecule has 1 aliphatic rings. The first kappa shape index (κ1) is 17.4. The van der Waals surface area contributed by atoms with E-state index in [1.165, 1.54) is 6.07 Å². The smallest absolute Gasteiger partial charge is 0.244 e. The summed E-state index contributed by atoms with van der Waals surface area (Å²) in [7, 11) is 3.74. The lowest BCUT2D eigenvalue weighted by Crippen LogP contribution is -2.52. The third-order valence-corrected chi connectivity index (χ3v) is 4.48. The van der Waals surface area contributed by atoms with Gasteiger partial charge in [-0.25, -0.2) is 4.39 Å². The lowest BCUT2D eigenvalue weighted by atomic mass is 10.0. The van der Waals surface area contributed by atoms with Crippen molar-refractivity contribution >= 4 is 11.6 Å². The number of rotatable bonds is 6. The number of benzene rings is 1.